The second kappa shape index (κ2) is 4.00. The van der Waals surface area contributed by atoms with Crippen molar-refractivity contribution in [2.75, 3.05) is 0 Å². The summed E-state index contributed by atoms with van der Waals surface area (Å²) in [5.41, 5.74) is 0. The first-order chi connectivity index (χ1) is 5.27. The molecule has 2 atom stereocenters. The molecule has 1 heterocycles. The average Bonchev–Trinajstić information content (AvgIpc) is 2.32. The lowest BCUT2D eigenvalue weighted by Gasteiger charge is -2.13. The number of hydrogen-bond donors (Lipinski definition) is 1. The number of aliphatic imine (C=N–C) groups is 1. The molecule has 2 nitrogen and oxygen atoms in total. The van der Waals surface area contributed by atoms with Gasteiger partial charge in [0, 0.05) is 0 Å². The van der Waals surface area contributed by atoms with Crippen LogP contribution in [0.1, 0.15) is 33.1 Å². The normalized spacial score (nSPS) is 29.9. The van der Waals surface area contributed by atoms with Crippen LogP contribution in [0.25, 0.3) is 0 Å². The van der Waals surface area contributed by atoms with Crippen LogP contribution < -0.4 is 0 Å². The number of hydrogen-bond acceptors (Lipinski definition) is 2. The summed E-state index contributed by atoms with van der Waals surface area (Å²) in [6, 6.07) is 0.359. The standard InChI is InChI=1S/C8H15NOS/c1-3-5-6-7(4-2)10-8(11)9-6/h6-7H,3-5H2,1-2H3,(H,9,11). The molecule has 0 aliphatic carbocycles. The number of nitrogens with zero attached hydrogens (tertiary/aromatic N) is 1. The Balaban J connectivity index is 2.46. The third-order valence-electron chi connectivity index (χ3n) is 1.95. The van der Waals surface area contributed by atoms with Gasteiger partial charge in [-0.15, -0.1) is 0 Å². The summed E-state index contributed by atoms with van der Waals surface area (Å²) in [6.45, 7) is 4.29. The molecule has 11 heavy (non-hydrogen) atoms. The zero-order chi connectivity index (χ0) is 8.27. The second-order valence-electron chi connectivity index (χ2n) is 2.83. The van der Waals surface area contributed by atoms with E-state index in [9.17, 15) is 0 Å². The van der Waals surface area contributed by atoms with E-state index < -0.39 is 0 Å². The molecule has 64 valence electrons. The second-order valence-corrected chi connectivity index (χ2v) is 3.21. The maximum atomic E-state index is 5.39. The van der Waals surface area contributed by atoms with Crippen molar-refractivity contribution in [3.05, 3.63) is 0 Å². The summed E-state index contributed by atoms with van der Waals surface area (Å²) in [6.07, 6.45) is 3.58. The molecular formula is C8H15NOS. The van der Waals surface area contributed by atoms with Crippen LogP contribution >= 0.6 is 12.6 Å². The SMILES string of the molecule is CCCC1N=C(S)OC1CC. The molecule has 0 bridgehead atoms. The maximum absolute atomic E-state index is 5.39. The summed E-state index contributed by atoms with van der Waals surface area (Å²) in [7, 11) is 0. The molecule has 0 aromatic rings. The minimum atomic E-state index is 0.280. The van der Waals surface area contributed by atoms with Crippen molar-refractivity contribution in [3.63, 3.8) is 0 Å². The van der Waals surface area contributed by atoms with Gasteiger partial charge < -0.3 is 4.74 Å². The Kier molecular flexibility index (Phi) is 3.24. The lowest BCUT2D eigenvalue weighted by Crippen LogP contribution is -2.20. The Bertz CT molecular complexity index is 158. The number of ether oxygens (including phenoxy) is 1. The van der Waals surface area contributed by atoms with Crippen molar-refractivity contribution in [3.8, 4) is 0 Å². The van der Waals surface area contributed by atoms with Crippen LogP contribution in [0, 0.1) is 0 Å². The minimum absolute atomic E-state index is 0.280. The van der Waals surface area contributed by atoms with Gasteiger partial charge in [0.05, 0.1) is 6.04 Å². The molecule has 0 amide bonds. The molecular weight excluding hydrogens is 158 g/mol. The molecule has 0 radical (unpaired) electrons. The molecule has 0 spiro atoms. The highest BCUT2D eigenvalue weighted by Crippen LogP contribution is 2.21. The smallest absolute Gasteiger partial charge is 0.243 e. The Morgan fingerprint density at radius 3 is 2.82 bits per heavy atom. The van der Waals surface area contributed by atoms with Gasteiger partial charge in [-0.25, -0.2) is 4.99 Å². The van der Waals surface area contributed by atoms with Crippen molar-refractivity contribution in [1.29, 1.82) is 0 Å². The van der Waals surface area contributed by atoms with E-state index in [1.54, 1.807) is 0 Å². The summed E-state index contributed by atoms with van der Waals surface area (Å²) >= 11 is 4.09. The molecule has 0 N–H and O–H groups in total. The van der Waals surface area contributed by atoms with E-state index in [2.05, 4.69) is 31.5 Å². The fourth-order valence-corrected chi connectivity index (χ4v) is 1.65. The Morgan fingerprint density at radius 1 is 1.55 bits per heavy atom. The van der Waals surface area contributed by atoms with Crippen molar-refractivity contribution in [1.82, 2.24) is 0 Å². The number of rotatable bonds is 3. The zero-order valence-corrected chi connectivity index (χ0v) is 7.97. The van der Waals surface area contributed by atoms with Gasteiger partial charge >= 0.3 is 0 Å². The molecule has 0 fully saturated rings. The first-order valence-corrected chi connectivity index (χ1v) is 4.66. The predicted octanol–water partition coefficient (Wildman–Crippen LogP) is 2.25. The highest BCUT2D eigenvalue weighted by Gasteiger charge is 2.26. The van der Waals surface area contributed by atoms with Gasteiger partial charge in [-0.3, -0.25) is 0 Å². The van der Waals surface area contributed by atoms with E-state index in [-0.39, 0.29) is 6.10 Å². The van der Waals surface area contributed by atoms with Gasteiger partial charge in [0.15, 0.2) is 0 Å². The first kappa shape index (κ1) is 8.91. The van der Waals surface area contributed by atoms with Crippen LogP contribution in [0.5, 0.6) is 0 Å². The summed E-state index contributed by atoms with van der Waals surface area (Å²) in [5, 5.41) is 0.565. The van der Waals surface area contributed by atoms with Crippen molar-refractivity contribution < 1.29 is 4.74 Å². The third kappa shape index (κ3) is 2.12. The third-order valence-corrected chi connectivity index (χ3v) is 2.17. The van der Waals surface area contributed by atoms with Crippen LogP contribution in [0.2, 0.25) is 0 Å². The predicted molar refractivity (Wildman–Crippen MR) is 50.3 cm³/mol. The van der Waals surface area contributed by atoms with Crippen LogP contribution in [0.3, 0.4) is 0 Å². The molecule has 0 aromatic carbocycles. The largest absolute Gasteiger partial charge is 0.468 e. The van der Waals surface area contributed by atoms with Gasteiger partial charge in [-0.05, 0) is 12.8 Å². The lowest BCUT2D eigenvalue weighted by molar-refractivity contribution is 0.187. The van der Waals surface area contributed by atoms with E-state index in [0.29, 0.717) is 11.3 Å². The summed E-state index contributed by atoms with van der Waals surface area (Å²) in [5.74, 6) is 0. The Hall–Kier alpha value is -0.180. The molecule has 0 aromatic heterocycles. The van der Waals surface area contributed by atoms with Crippen LogP contribution in [0.15, 0.2) is 4.99 Å². The molecule has 0 saturated carbocycles. The lowest BCUT2D eigenvalue weighted by atomic mass is 10.1. The first-order valence-electron chi connectivity index (χ1n) is 4.21. The fourth-order valence-electron chi connectivity index (χ4n) is 1.37. The summed E-state index contributed by atoms with van der Waals surface area (Å²) in [4.78, 5) is 4.29. The van der Waals surface area contributed by atoms with E-state index in [1.807, 2.05) is 0 Å². The van der Waals surface area contributed by atoms with E-state index in [4.69, 9.17) is 4.74 Å². The quantitative estimate of drug-likeness (QED) is 0.649. The molecule has 3 heteroatoms. The molecule has 0 saturated heterocycles. The molecule has 2 unspecified atom stereocenters. The van der Waals surface area contributed by atoms with E-state index in [1.165, 1.54) is 0 Å². The maximum Gasteiger partial charge on any atom is 0.243 e. The fraction of sp³-hybridized carbons (Fsp3) is 0.875. The van der Waals surface area contributed by atoms with Gasteiger partial charge in [0.2, 0.25) is 5.23 Å². The Labute approximate surface area is 73.5 Å². The van der Waals surface area contributed by atoms with Crippen molar-refractivity contribution in [2.24, 2.45) is 4.99 Å². The average molecular weight is 173 g/mol. The zero-order valence-electron chi connectivity index (χ0n) is 7.08. The van der Waals surface area contributed by atoms with Crippen LogP contribution in [-0.4, -0.2) is 17.4 Å². The van der Waals surface area contributed by atoms with Gasteiger partial charge in [0.25, 0.3) is 0 Å². The van der Waals surface area contributed by atoms with E-state index >= 15 is 0 Å². The highest BCUT2D eigenvalue weighted by molar-refractivity contribution is 7.96. The molecule has 1 aliphatic rings. The molecule has 1 aliphatic heterocycles. The topological polar surface area (TPSA) is 21.6 Å². The van der Waals surface area contributed by atoms with Crippen LogP contribution in [0.4, 0.5) is 0 Å². The van der Waals surface area contributed by atoms with Gasteiger partial charge in [-0.2, -0.15) is 0 Å². The van der Waals surface area contributed by atoms with Crippen molar-refractivity contribution in [2.45, 2.75) is 45.3 Å². The van der Waals surface area contributed by atoms with Gasteiger partial charge in [0.1, 0.15) is 6.10 Å². The minimum Gasteiger partial charge on any atom is -0.468 e. The highest BCUT2D eigenvalue weighted by atomic mass is 32.1. The van der Waals surface area contributed by atoms with Gasteiger partial charge in [-0.1, -0.05) is 32.9 Å². The van der Waals surface area contributed by atoms with E-state index in [0.717, 1.165) is 19.3 Å². The monoisotopic (exact) mass is 173 g/mol. The van der Waals surface area contributed by atoms with Crippen molar-refractivity contribution >= 4 is 17.9 Å². The Morgan fingerprint density at radius 2 is 2.27 bits per heavy atom. The molecule has 1 rings (SSSR count). The van der Waals surface area contributed by atoms with Crippen LogP contribution in [-0.2, 0) is 4.74 Å². The summed E-state index contributed by atoms with van der Waals surface area (Å²) < 4.78 is 5.39. The number of thiol groups is 1.